The SMILES string of the molecule is Cn1cnnc1-c1cnn(C)c1-c1cccc(NC(=O)c2cc(=O)n(C)c(C3CC3)n2)c1. The lowest BCUT2D eigenvalue weighted by atomic mass is 10.1. The zero-order valence-corrected chi connectivity index (χ0v) is 18.0. The summed E-state index contributed by atoms with van der Waals surface area (Å²) in [5.41, 5.74) is 3.02. The molecule has 10 heteroatoms. The number of amides is 1. The lowest BCUT2D eigenvalue weighted by molar-refractivity contribution is 0.102. The van der Waals surface area contributed by atoms with E-state index in [1.807, 2.05) is 36.9 Å². The molecule has 3 heterocycles. The van der Waals surface area contributed by atoms with Crippen molar-refractivity contribution in [2.75, 3.05) is 5.32 Å². The van der Waals surface area contributed by atoms with Crippen LogP contribution < -0.4 is 10.9 Å². The molecular formula is C22H22N8O2. The minimum atomic E-state index is -0.416. The van der Waals surface area contributed by atoms with Crippen LogP contribution in [0.3, 0.4) is 0 Å². The Morgan fingerprint density at radius 3 is 2.69 bits per heavy atom. The first-order chi connectivity index (χ1) is 15.4. The Bertz CT molecular complexity index is 1390. The van der Waals surface area contributed by atoms with Gasteiger partial charge in [-0.2, -0.15) is 5.10 Å². The molecule has 0 unspecified atom stereocenters. The van der Waals surface area contributed by atoms with Crippen molar-refractivity contribution in [3.05, 3.63) is 64.7 Å². The van der Waals surface area contributed by atoms with Crippen molar-refractivity contribution in [2.24, 2.45) is 21.1 Å². The number of carbonyl (C=O) groups excluding carboxylic acids is 1. The largest absolute Gasteiger partial charge is 0.321 e. The van der Waals surface area contributed by atoms with Crippen LogP contribution >= 0.6 is 0 Å². The van der Waals surface area contributed by atoms with Crippen molar-refractivity contribution in [1.29, 1.82) is 0 Å². The van der Waals surface area contributed by atoms with Crippen molar-refractivity contribution in [3.63, 3.8) is 0 Å². The van der Waals surface area contributed by atoms with Crippen molar-refractivity contribution >= 4 is 11.6 Å². The van der Waals surface area contributed by atoms with Gasteiger partial charge in [-0.05, 0) is 25.0 Å². The maximum Gasteiger partial charge on any atom is 0.274 e. The average Bonchev–Trinajstić information content (AvgIpc) is 3.42. The van der Waals surface area contributed by atoms with Crippen molar-refractivity contribution in [2.45, 2.75) is 18.8 Å². The topological polar surface area (TPSA) is 113 Å². The highest BCUT2D eigenvalue weighted by Gasteiger charge is 2.29. The molecule has 0 radical (unpaired) electrons. The Hall–Kier alpha value is -4.08. The fourth-order valence-corrected chi connectivity index (χ4v) is 3.79. The molecule has 0 atom stereocenters. The van der Waals surface area contributed by atoms with Gasteiger partial charge in [0.05, 0.1) is 17.5 Å². The summed E-state index contributed by atoms with van der Waals surface area (Å²) < 4.78 is 5.10. The molecule has 1 N–H and O–H groups in total. The Morgan fingerprint density at radius 2 is 1.97 bits per heavy atom. The summed E-state index contributed by atoms with van der Waals surface area (Å²) in [4.78, 5) is 29.6. The zero-order chi connectivity index (χ0) is 22.4. The molecule has 4 aromatic rings. The number of aromatic nitrogens is 7. The molecule has 162 valence electrons. The van der Waals surface area contributed by atoms with E-state index >= 15 is 0 Å². The van der Waals surface area contributed by atoms with Gasteiger partial charge in [0.15, 0.2) is 5.82 Å². The van der Waals surface area contributed by atoms with Crippen LogP contribution in [0.15, 0.2) is 47.7 Å². The second kappa shape index (κ2) is 7.56. The number of aryl methyl sites for hydroxylation is 2. The number of benzene rings is 1. The van der Waals surface area contributed by atoms with E-state index < -0.39 is 5.91 Å². The van der Waals surface area contributed by atoms with Gasteiger partial charge in [0, 0.05) is 44.4 Å². The number of nitrogens with one attached hydrogen (secondary N) is 1. The minimum Gasteiger partial charge on any atom is -0.321 e. The van der Waals surface area contributed by atoms with Crippen LogP contribution in [0.2, 0.25) is 0 Å². The molecular weight excluding hydrogens is 408 g/mol. The van der Waals surface area contributed by atoms with Crippen molar-refractivity contribution < 1.29 is 4.79 Å². The van der Waals surface area contributed by atoms with Crippen molar-refractivity contribution in [3.8, 4) is 22.6 Å². The summed E-state index contributed by atoms with van der Waals surface area (Å²) in [6, 6.07) is 8.72. The molecule has 0 bridgehead atoms. The predicted octanol–water partition coefficient (Wildman–Crippen LogP) is 2.11. The second-order valence-corrected chi connectivity index (χ2v) is 8.00. The zero-order valence-electron chi connectivity index (χ0n) is 18.0. The predicted molar refractivity (Wildman–Crippen MR) is 118 cm³/mol. The third-order valence-electron chi connectivity index (χ3n) is 5.63. The molecule has 5 rings (SSSR count). The first kappa shape index (κ1) is 19.9. The van der Waals surface area contributed by atoms with E-state index in [0.29, 0.717) is 17.3 Å². The quantitative estimate of drug-likeness (QED) is 0.519. The summed E-state index contributed by atoms with van der Waals surface area (Å²) in [6.45, 7) is 0. The average molecular weight is 430 g/mol. The Balaban J connectivity index is 1.47. The van der Waals surface area contributed by atoms with Gasteiger partial charge >= 0.3 is 0 Å². The molecule has 0 saturated heterocycles. The third kappa shape index (κ3) is 3.49. The number of carbonyl (C=O) groups is 1. The highest BCUT2D eigenvalue weighted by atomic mass is 16.2. The van der Waals surface area contributed by atoms with Crippen LogP contribution in [-0.4, -0.2) is 40.0 Å². The van der Waals surface area contributed by atoms with E-state index in [1.54, 1.807) is 30.3 Å². The molecule has 0 spiro atoms. The van der Waals surface area contributed by atoms with Crippen LogP contribution in [0.1, 0.15) is 35.1 Å². The van der Waals surface area contributed by atoms with Gasteiger partial charge in [-0.15, -0.1) is 10.2 Å². The molecule has 1 aliphatic carbocycles. The van der Waals surface area contributed by atoms with Crippen LogP contribution in [0.4, 0.5) is 5.69 Å². The summed E-state index contributed by atoms with van der Waals surface area (Å²) in [5, 5.41) is 15.4. The van der Waals surface area contributed by atoms with Gasteiger partial charge in [0.1, 0.15) is 17.8 Å². The minimum absolute atomic E-state index is 0.126. The van der Waals surface area contributed by atoms with E-state index in [9.17, 15) is 9.59 Å². The van der Waals surface area contributed by atoms with E-state index in [0.717, 1.165) is 29.7 Å². The van der Waals surface area contributed by atoms with Crippen LogP contribution in [0.25, 0.3) is 22.6 Å². The highest BCUT2D eigenvalue weighted by Crippen LogP contribution is 2.38. The van der Waals surface area contributed by atoms with E-state index in [-0.39, 0.29) is 17.2 Å². The first-order valence-electron chi connectivity index (χ1n) is 10.3. The monoisotopic (exact) mass is 430 g/mol. The number of hydrogen-bond acceptors (Lipinski definition) is 6. The maximum atomic E-state index is 12.9. The lowest BCUT2D eigenvalue weighted by Gasteiger charge is -2.11. The number of anilines is 1. The fourth-order valence-electron chi connectivity index (χ4n) is 3.79. The fraction of sp³-hybridized carbons (Fsp3) is 0.273. The summed E-state index contributed by atoms with van der Waals surface area (Å²) in [7, 11) is 5.41. The molecule has 1 amide bonds. The smallest absolute Gasteiger partial charge is 0.274 e. The maximum absolute atomic E-state index is 12.9. The molecule has 1 aromatic carbocycles. The van der Waals surface area contributed by atoms with E-state index in [1.165, 1.54) is 10.6 Å². The number of nitrogens with zero attached hydrogens (tertiary/aromatic N) is 7. The van der Waals surface area contributed by atoms with Gasteiger partial charge in [0.25, 0.3) is 11.5 Å². The molecule has 1 fully saturated rings. The molecule has 10 nitrogen and oxygen atoms in total. The van der Waals surface area contributed by atoms with Crippen molar-refractivity contribution in [1.82, 2.24) is 34.1 Å². The van der Waals surface area contributed by atoms with Crippen LogP contribution in [0.5, 0.6) is 0 Å². The molecule has 32 heavy (non-hydrogen) atoms. The Kier molecular flexibility index (Phi) is 4.69. The molecule has 1 aliphatic rings. The summed E-state index contributed by atoms with van der Waals surface area (Å²) in [5.74, 6) is 1.20. The van der Waals surface area contributed by atoms with E-state index in [2.05, 4.69) is 25.6 Å². The summed E-state index contributed by atoms with van der Waals surface area (Å²) >= 11 is 0. The van der Waals surface area contributed by atoms with Crippen LogP contribution in [0, 0.1) is 0 Å². The number of rotatable bonds is 5. The van der Waals surface area contributed by atoms with Gasteiger partial charge in [-0.25, -0.2) is 4.98 Å². The van der Waals surface area contributed by atoms with E-state index in [4.69, 9.17) is 0 Å². The van der Waals surface area contributed by atoms with Gasteiger partial charge in [-0.1, -0.05) is 12.1 Å². The summed E-state index contributed by atoms with van der Waals surface area (Å²) in [6.07, 6.45) is 5.36. The second-order valence-electron chi connectivity index (χ2n) is 8.00. The Labute approximate surface area is 183 Å². The van der Waals surface area contributed by atoms with Gasteiger partial charge in [0.2, 0.25) is 0 Å². The molecule has 3 aromatic heterocycles. The lowest BCUT2D eigenvalue weighted by Crippen LogP contribution is -2.25. The van der Waals surface area contributed by atoms with Crippen LogP contribution in [-0.2, 0) is 21.1 Å². The Morgan fingerprint density at radius 1 is 1.16 bits per heavy atom. The van der Waals surface area contributed by atoms with Gasteiger partial charge in [-0.3, -0.25) is 18.8 Å². The highest BCUT2D eigenvalue weighted by molar-refractivity contribution is 6.03. The first-order valence-corrected chi connectivity index (χ1v) is 10.3. The standard InChI is InChI=1S/C22H22N8O2/c1-28-12-23-27-21(28)16-11-24-30(3)19(16)14-5-4-6-15(9-14)25-22(32)17-10-18(31)29(2)20(26-17)13-7-8-13/h4-6,9-13H,7-8H2,1-3H3,(H,25,32). The number of hydrogen-bond donors (Lipinski definition) is 1. The van der Waals surface area contributed by atoms with Gasteiger partial charge < -0.3 is 9.88 Å². The normalized spacial score (nSPS) is 13.3. The molecule has 0 aliphatic heterocycles. The third-order valence-corrected chi connectivity index (χ3v) is 5.63. The molecule has 1 saturated carbocycles.